The van der Waals surface area contributed by atoms with Crippen molar-refractivity contribution in [2.75, 3.05) is 7.11 Å². The minimum Gasteiger partial charge on any atom is -1.00 e. The van der Waals surface area contributed by atoms with E-state index in [1.807, 2.05) is 18.2 Å². The van der Waals surface area contributed by atoms with E-state index in [4.69, 9.17) is 4.74 Å². The van der Waals surface area contributed by atoms with Crippen molar-refractivity contribution in [1.29, 1.82) is 0 Å². The molecule has 0 aliphatic carbocycles. The van der Waals surface area contributed by atoms with E-state index in [9.17, 15) is 4.79 Å². The molecule has 2 nitrogen and oxygen atoms in total. The summed E-state index contributed by atoms with van der Waals surface area (Å²) in [6, 6.07) is 40.1. The molecule has 0 atom stereocenters. The summed E-state index contributed by atoms with van der Waals surface area (Å²) < 4.78 is 4.95. The first-order chi connectivity index (χ1) is 14.7. The minimum atomic E-state index is -1.99. The van der Waals surface area contributed by atoms with Crippen LogP contribution in [0.2, 0.25) is 0 Å². The zero-order valence-corrected chi connectivity index (χ0v) is 19.0. The Kier molecular flexibility index (Phi) is 7.63. The Morgan fingerprint density at radius 3 is 1.55 bits per heavy atom. The van der Waals surface area contributed by atoms with Crippen LogP contribution in [0.15, 0.2) is 115 Å². The molecule has 0 saturated heterocycles. The van der Waals surface area contributed by atoms with Crippen LogP contribution in [0.5, 0.6) is 0 Å². The summed E-state index contributed by atoms with van der Waals surface area (Å²) >= 11 is 0. The van der Waals surface area contributed by atoms with Gasteiger partial charge in [-0.25, -0.2) is 4.79 Å². The molecule has 0 aliphatic rings. The second kappa shape index (κ2) is 10.4. The molecule has 0 aliphatic heterocycles. The van der Waals surface area contributed by atoms with E-state index in [0.717, 1.165) is 11.7 Å². The molecule has 0 N–H and O–H groups in total. The number of rotatable bonds is 6. The fourth-order valence-electron chi connectivity index (χ4n) is 3.96. The van der Waals surface area contributed by atoms with Gasteiger partial charge in [0.25, 0.3) is 0 Å². The maximum Gasteiger partial charge on any atom is 0.337 e. The summed E-state index contributed by atoms with van der Waals surface area (Å²) in [5.74, 6) is -0.306. The number of methoxy groups -OCH3 is 1. The highest BCUT2D eigenvalue weighted by molar-refractivity contribution is 7.95. The minimum absolute atomic E-state index is 0. The first-order valence-corrected chi connectivity index (χ1v) is 11.9. The monoisotopic (exact) mass is 446 g/mol. The van der Waals surface area contributed by atoms with E-state index >= 15 is 0 Å². The van der Waals surface area contributed by atoms with Crippen LogP contribution in [0, 0.1) is 0 Å². The van der Waals surface area contributed by atoms with E-state index in [1.54, 1.807) is 0 Å². The molecule has 0 unspecified atom stereocenters. The summed E-state index contributed by atoms with van der Waals surface area (Å²) in [4.78, 5) is 12.1. The first kappa shape index (κ1) is 22.7. The van der Waals surface area contributed by atoms with Gasteiger partial charge in [-0.05, 0) is 54.1 Å². The Balaban J connectivity index is 0.00000272. The van der Waals surface area contributed by atoms with E-state index in [0.29, 0.717) is 5.56 Å². The van der Waals surface area contributed by atoms with Crippen molar-refractivity contribution >= 4 is 29.1 Å². The Labute approximate surface area is 190 Å². The third-order valence-corrected chi connectivity index (χ3v) is 9.74. The lowest BCUT2D eigenvalue weighted by atomic mass is 10.1. The maximum atomic E-state index is 12.1. The fourth-order valence-corrected chi connectivity index (χ4v) is 8.19. The van der Waals surface area contributed by atoms with E-state index in [1.165, 1.54) is 23.0 Å². The topological polar surface area (TPSA) is 26.3 Å². The number of carbonyl (C=O) groups is 1. The van der Waals surface area contributed by atoms with Crippen LogP contribution < -0.4 is 28.3 Å². The Morgan fingerprint density at radius 2 is 1.13 bits per heavy atom. The molecular weight excluding hydrogens is 423 g/mol. The highest BCUT2D eigenvalue weighted by Gasteiger charge is 2.45. The van der Waals surface area contributed by atoms with E-state index < -0.39 is 7.26 Å². The lowest BCUT2D eigenvalue weighted by Crippen LogP contribution is -3.00. The summed E-state index contributed by atoms with van der Waals surface area (Å²) in [7, 11) is -0.565. The molecule has 156 valence electrons. The molecule has 4 heteroatoms. The molecule has 4 rings (SSSR count). The Morgan fingerprint density at radius 1 is 0.677 bits per heavy atom. The number of benzene rings is 4. The van der Waals surface area contributed by atoms with Crippen molar-refractivity contribution in [1.82, 2.24) is 0 Å². The lowest BCUT2D eigenvalue weighted by molar-refractivity contribution is -0.0000204. The molecule has 0 saturated carbocycles. The predicted molar refractivity (Wildman–Crippen MR) is 127 cm³/mol. The average Bonchev–Trinajstić information content (AvgIpc) is 2.84. The van der Waals surface area contributed by atoms with Gasteiger partial charge in [0.2, 0.25) is 0 Å². The van der Waals surface area contributed by atoms with Crippen molar-refractivity contribution in [2.24, 2.45) is 0 Å². The van der Waals surface area contributed by atoms with Gasteiger partial charge in [0.1, 0.15) is 23.2 Å². The Hall–Kier alpha value is -2.93. The van der Waals surface area contributed by atoms with Crippen molar-refractivity contribution in [2.45, 2.75) is 6.16 Å². The van der Waals surface area contributed by atoms with Gasteiger partial charge >= 0.3 is 5.97 Å². The summed E-state index contributed by atoms with van der Waals surface area (Å²) in [6.45, 7) is 0. The maximum absolute atomic E-state index is 12.1. The van der Waals surface area contributed by atoms with Gasteiger partial charge in [-0.2, -0.15) is 0 Å². The van der Waals surface area contributed by atoms with Crippen LogP contribution in [0.25, 0.3) is 0 Å². The summed E-state index contributed by atoms with van der Waals surface area (Å²) in [5, 5.41) is 3.97. The Bertz CT molecular complexity index is 1020. The first-order valence-electron chi connectivity index (χ1n) is 9.96. The van der Waals surface area contributed by atoms with Crippen LogP contribution in [0.1, 0.15) is 15.9 Å². The summed E-state index contributed by atoms with van der Waals surface area (Å²) in [5.41, 5.74) is 1.71. The molecule has 0 radical (unpaired) electrons. The third kappa shape index (κ3) is 4.71. The van der Waals surface area contributed by atoms with Gasteiger partial charge in [-0.15, -0.1) is 0 Å². The highest BCUT2D eigenvalue weighted by Crippen LogP contribution is 2.58. The normalized spacial score (nSPS) is 10.7. The van der Waals surface area contributed by atoms with Gasteiger partial charge in [-0.3, -0.25) is 0 Å². The number of esters is 1. The lowest BCUT2D eigenvalue weighted by Gasteiger charge is -2.28. The number of carbonyl (C=O) groups excluding carboxylic acids is 1. The van der Waals surface area contributed by atoms with Crippen molar-refractivity contribution in [3.05, 3.63) is 126 Å². The number of halogens is 1. The van der Waals surface area contributed by atoms with Gasteiger partial charge < -0.3 is 17.1 Å². The molecular formula is C27H24ClO2P. The predicted octanol–water partition coefficient (Wildman–Crippen LogP) is 1.97. The van der Waals surface area contributed by atoms with Crippen LogP contribution in [0.4, 0.5) is 0 Å². The van der Waals surface area contributed by atoms with Crippen LogP contribution in [-0.2, 0) is 10.9 Å². The summed E-state index contributed by atoms with van der Waals surface area (Å²) in [6.07, 6.45) is 0.829. The zero-order valence-electron chi connectivity index (χ0n) is 17.3. The smallest absolute Gasteiger partial charge is 0.337 e. The largest absolute Gasteiger partial charge is 1.00 e. The highest BCUT2D eigenvalue weighted by atomic mass is 35.5. The molecule has 4 aromatic rings. The molecule has 0 spiro atoms. The molecule has 0 amide bonds. The standard InChI is InChI=1S/C27H24O2P.ClH/c1-29-27(28)23-13-11-12-22(20-23)21-30(24-14-5-2-6-15-24,25-16-7-3-8-17-25)26-18-9-4-10-19-26;/h2-20H,21H2,1H3;1H/q+1;/p-1. The molecule has 0 aromatic heterocycles. The van der Waals surface area contributed by atoms with Crippen LogP contribution >= 0.6 is 7.26 Å². The second-order valence-corrected chi connectivity index (χ2v) is 10.7. The molecule has 4 aromatic carbocycles. The van der Waals surface area contributed by atoms with Crippen molar-refractivity contribution in [3.8, 4) is 0 Å². The van der Waals surface area contributed by atoms with E-state index in [-0.39, 0.29) is 18.4 Å². The molecule has 0 heterocycles. The van der Waals surface area contributed by atoms with Crippen molar-refractivity contribution < 1.29 is 21.9 Å². The van der Waals surface area contributed by atoms with Gasteiger partial charge in [0, 0.05) is 0 Å². The average molecular weight is 447 g/mol. The molecule has 0 bridgehead atoms. The number of hydrogen-bond donors (Lipinski definition) is 0. The van der Waals surface area contributed by atoms with Gasteiger partial charge in [-0.1, -0.05) is 66.7 Å². The molecule has 31 heavy (non-hydrogen) atoms. The molecule has 0 fully saturated rings. The SMILES string of the molecule is COC(=O)c1cccc(C[P+](c2ccccc2)(c2ccccc2)c2ccccc2)c1.[Cl-]. The third-order valence-electron chi connectivity index (χ3n) is 5.36. The van der Waals surface area contributed by atoms with E-state index in [2.05, 4.69) is 97.1 Å². The number of ether oxygens (including phenoxy) is 1. The number of hydrogen-bond acceptors (Lipinski definition) is 2. The second-order valence-electron chi connectivity index (χ2n) is 7.17. The van der Waals surface area contributed by atoms with Gasteiger partial charge in [0.15, 0.2) is 0 Å². The van der Waals surface area contributed by atoms with Crippen molar-refractivity contribution in [3.63, 3.8) is 0 Å². The van der Waals surface area contributed by atoms with Gasteiger partial charge in [0.05, 0.1) is 18.8 Å². The fraction of sp³-hybridized carbons (Fsp3) is 0.0741. The van der Waals surface area contributed by atoms with Crippen LogP contribution in [0.3, 0.4) is 0 Å². The quantitative estimate of drug-likeness (QED) is 0.334. The van der Waals surface area contributed by atoms with Crippen LogP contribution in [-0.4, -0.2) is 13.1 Å². The zero-order chi connectivity index (χ0) is 20.8.